The summed E-state index contributed by atoms with van der Waals surface area (Å²) in [6, 6.07) is 14.5. The summed E-state index contributed by atoms with van der Waals surface area (Å²) in [4.78, 5) is 12.2. The number of nitrogens with one attached hydrogen (secondary N) is 1. The summed E-state index contributed by atoms with van der Waals surface area (Å²) >= 11 is 5.83. The van der Waals surface area contributed by atoms with Gasteiger partial charge in [-0.2, -0.15) is 0 Å². The van der Waals surface area contributed by atoms with Crippen LogP contribution >= 0.6 is 11.6 Å². The molecule has 2 aromatic rings. The smallest absolute Gasteiger partial charge is 0.240 e. The maximum Gasteiger partial charge on any atom is 0.240 e. The Morgan fingerprint density at radius 1 is 1.12 bits per heavy atom. The number of sulfonamides is 1. The number of amides is 1. The zero-order valence-electron chi connectivity index (χ0n) is 14.2. The predicted molar refractivity (Wildman–Crippen MR) is 102 cm³/mol. The van der Waals surface area contributed by atoms with Crippen molar-refractivity contribution in [2.75, 3.05) is 23.7 Å². The summed E-state index contributed by atoms with van der Waals surface area (Å²) in [6.45, 7) is 1.99. The molecule has 2 rings (SSSR count). The molecule has 0 aliphatic rings. The Hall–Kier alpha value is -2.05. The van der Waals surface area contributed by atoms with E-state index < -0.39 is 10.0 Å². The summed E-state index contributed by atoms with van der Waals surface area (Å²) in [5.41, 5.74) is 2.35. The van der Waals surface area contributed by atoms with Gasteiger partial charge in [-0.1, -0.05) is 41.9 Å². The number of benzene rings is 2. The van der Waals surface area contributed by atoms with Crippen LogP contribution in [0.25, 0.3) is 0 Å². The third kappa shape index (κ3) is 5.76. The van der Waals surface area contributed by atoms with Gasteiger partial charge < -0.3 is 5.32 Å². The fourth-order valence-electron chi connectivity index (χ4n) is 2.41. The Bertz CT molecular complexity index is 836. The molecule has 0 unspecified atom stereocenters. The highest BCUT2D eigenvalue weighted by atomic mass is 35.5. The van der Waals surface area contributed by atoms with Crippen LogP contribution in [0.15, 0.2) is 48.5 Å². The minimum atomic E-state index is -3.56. The number of hydrogen-bond donors (Lipinski definition) is 1. The van der Waals surface area contributed by atoms with Gasteiger partial charge in [-0.05, 0) is 42.7 Å². The molecule has 0 radical (unpaired) electrons. The van der Waals surface area contributed by atoms with Crippen molar-refractivity contribution in [2.24, 2.45) is 0 Å². The highest BCUT2D eigenvalue weighted by Gasteiger charge is 2.21. The van der Waals surface area contributed by atoms with Crippen LogP contribution in [0.1, 0.15) is 11.1 Å². The number of carbonyl (C=O) groups excluding carboxylic acids is 1. The van der Waals surface area contributed by atoms with Gasteiger partial charge in [-0.25, -0.2) is 8.42 Å². The van der Waals surface area contributed by atoms with E-state index in [9.17, 15) is 13.2 Å². The van der Waals surface area contributed by atoms with E-state index in [0.29, 0.717) is 23.7 Å². The van der Waals surface area contributed by atoms with Gasteiger partial charge in [0.25, 0.3) is 0 Å². The lowest BCUT2D eigenvalue weighted by Crippen LogP contribution is -2.41. The molecule has 1 N–H and O–H groups in total. The first-order valence-electron chi connectivity index (χ1n) is 7.82. The van der Waals surface area contributed by atoms with Crippen LogP contribution in [0.5, 0.6) is 0 Å². The van der Waals surface area contributed by atoms with Gasteiger partial charge in [0.2, 0.25) is 15.9 Å². The van der Waals surface area contributed by atoms with Crippen LogP contribution in [0.2, 0.25) is 5.02 Å². The molecule has 0 aliphatic carbocycles. The number of carbonyl (C=O) groups is 1. The fraction of sp³-hybridized carbons (Fsp3) is 0.278. The monoisotopic (exact) mass is 380 g/mol. The van der Waals surface area contributed by atoms with Gasteiger partial charge in [-0.3, -0.25) is 9.10 Å². The standard InChI is InChI=1S/C18H21ClN2O3S/c1-14-5-3-4-6-17(14)21(25(2,23)24)13-18(22)20-12-11-15-7-9-16(19)10-8-15/h3-10H,11-13H2,1-2H3,(H,20,22). The molecular formula is C18H21ClN2O3S. The molecule has 0 saturated heterocycles. The number of hydrogen-bond acceptors (Lipinski definition) is 3. The second-order valence-electron chi connectivity index (χ2n) is 5.78. The Balaban J connectivity index is 1.98. The van der Waals surface area contributed by atoms with Gasteiger partial charge >= 0.3 is 0 Å². The molecule has 1 amide bonds. The van der Waals surface area contributed by atoms with Gasteiger partial charge in [0.05, 0.1) is 11.9 Å². The first kappa shape index (κ1) is 19.3. The van der Waals surface area contributed by atoms with Crippen molar-refractivity contribution in [2.45, 2.75) is 13.3 Å². The molecule has 0 aliphatic heterocycles. The molecule has 0 fully saturated rings. The van der Waals surface area contributed by atoms with Gasteiger partial charge in [0.15, 0.2) is 0 Å². The lowest BCUT2D eigenvalue weighted by atomic mass is 10.1. The highest BCUT2D eigenvalue weighted by molar-refractivity contribution is 7.92. The molecule has 0 bridgehead atoms. The van der Waals surface area contributed by atoms with Crippen molar-refractivity contribution in [3.63, 3.8) is 0 Å². The van der Waals surface area contributed by atoms with Crippen molar-refractivity contribution >= 4 is 33.2 Å². The fourth-order valence-corrected chi connectivity index (χ4v) is 3.45. The quantitative estimate of drug-likeness (QED) is 0.803. The van der Waals surface area contributed by atoms with Crippen LogP contribution in [-0.2, 0) is 21.2 Å². The second-order valence-corrected chi connectivity index (χ2v) is 8.13. The maximum atomic E-state index is 12.2. The Labute approximate surface area is 153 Å². The van der Waals surface area contributed by atoms with E-state index >= 15 is 0 Å². The molecular weight excluding hydrogens is 360 g/mol. The average Bonchev–Trinajstić information content (AvgIpc) is 2.54. The number of aryl methyl sites for hydroxylation is 1. The van der Waals surface area contributed by atoms with Crippen molar-refractivity contribution < 1.29 is 13.2 Å². The normalized spacial score (nSPS) is 11.2. The minimum Gasteiger partial charge on any atom is -0.354 e. The molecule has 7 heteroatoms. The third-order valence-electron chi connectivity index (χ3n) is 3.72. The number of nitrogens with zero attached hydrogens (tertiary/aromatic N) is 1. The second kappa shape index (κ2) is 8.36. The van der Waals surface area contributed by atoms with Gasteiger partial charge in [-0.15, -0.1) is 0 Å². The van der Waals surface area contributed by atoms with Crippen molar-refractivity contribution in [1.82, 2.24) is 5.32 Å². The van der Waals surface area contributed by atoms with Crippen LogP contribution < -0.4 is 9.62 Å². The molecule has 134 valence electrons. The lowest BCUT2D eigenvalue weighted by molar-refractivity contribution is -0.119. The van der Waals surface area contributed by atoms with Gasteiger partial charge in [0.1, 0.15) is 6.54 Å². The Morgan fingerprint density at radius 3 is 2.36 bits per heavy atom. The summed E-state index contributed by atoms with van der Waals surface area (Å²) in [5, 5.41) is 3.42. The van der Waals surface area contributed by atoms with E-state index in [-0.39, 0.29) is 12.5 Å². The lowest BCUT2D eigenvalue weighted by Gasteiger charge is -2.23. The summed E-state index contributed by atoms with van der Waals surface area (Å²) < 4.78 is 25.3. The van der Waals surface area contributed by atoms with E-state index in [1.165, 1.54) is 0 Å². The number of para-hydroxylation sites is 1. The number of anilines is 1. The average molecular weight is 381 g/mol. The third-order valence-corrected chi connectivity index (χ3v) is 5.10. The highest BCUT2D eigenvalue weighted by Crippen LogP contribution is 2.21. The summed E-state index contributed by atoms with van der Waals surface area (Å²) in [5.74, 6) is -0.345. The van der Waals surface area contributed by atoms with Crippen molar-refractivity contribution in [3.05, 3.63) is 64.7 Å². The largest absolute Gasteiger partial charge is 0.354 e. The van der Waals surface area contributed by atoms with Crippen LogP contribution in [0, 0.1) is 6.92 Å². The number of halogens is 1. The first-order chi connectivity index (χ1) is 11.8. The van der Waals surface area contributed by atoms with E-state index in [1.807, 2.05) is 31.2 Å². The zero-order chi connectivity index (χ0) is 18.4. The topological polar surface area (TPSA) is 66.5 Å². The zero-order valence-corrected chi connectivity index (χ0v) is 15.8. The number of rotatable bonds is 7. The molecule has 0 saturated carbocycles. The maximum absolute atomic E-state index is 12.2. The first-order valence-corrected chi connectivity index (χ1v) is 10.0. The predicted octanol–water partition coefficient (Wildman–Crippen LogP) is 2.77. The van der Waals surface area contributed by atoms with Crippen LogP contribution in [-0.4, -0.2) is 33.7 Å². The van der Waals surface area contributed by atoms with E-state index in [2.05, 4.69) is 5.32 Å². The minimum absolute atomic E-state index is 0.246. The van der Waals surface area contributed by atoms with Crippen molar-refractivity contribution in [3.8, 4) is 0 Å². The van der Waals surface area contributed by atoms with Crippen LogP contribution in [0.4, 0.5) is 5.69 Å². The molecule has 0 heterocycles. The molecule has 0 aromatic heterocycles. The molecule has 25 heavy (non-hydrogen) atoms. The van der Waals surface area contributed by atoms with Crippen LogP contribution in [0.3, 0.4) is 0 Å². The molecule has 0 atom stereocenters. The van der Waals surface area contributed by atoms with E-state index in [4.69, 9.17) is 11.6 Å². The van der Waals surface area contributed by atoms with E-state index in [1.54, 1.807) is 24.3 Å². The Kier molecular flexibility index (Phi) is 6.45. The van der Waals surface area contributed by atoms with Crippen molar-refractivity contribution in [1.29, 1.82) is 0 Å². The Morgan fingerprint density at radius 2 is 1.76 bits per heavy atom. The summed E-state index contributed by atoms with van der Waals surface area (Å²) in [6.07, 6.45) is 1.74. The summed E-state index contributed by atoms with van der Waals surface area (Å²) in [7, 11) is -3.56. The van der Waals surface area contributed by atoms with Gasteiger partial charge in [0, 0.05) is 11.6 Å². The SMILES string of the molecule is Cc1ccccc1N(CC(=O)NCCc1ccc(Cl)cc1)S(C)(=O)=O. The molecule has 5 nitrogen and oxygen atoms in total. The van der Waals surface area contributed by atoms with E-state index in [0.717, 1.165) is 21.7 Å². The molecule has 0 spiro atoms. The molecule has 2 aromatic carbocycles.